The van der Waals surface area contributed by atoms with Crippen LogP contribution in [0.25, 0.3) is 0 Å². The molecule has 2 unspecified atom stereocenters. The molecule has 1 fully saturated rings. The van der Waals surface area contributed by atoms with Gasteiger partial charge in [0.2, 0.25) is 5.91 Å². The highest BCUT2D eigenvalue weighted by molar-refractivity contribution is 9.10. The third-order valence-electron chi connectivity index (χ3n) is 3.00. The van der Waals surface area contributed by atoms with Crippen LogP contribution in [0.1, 0.15) is 39.5 Å². The van der Waals surface area contributed by atoms with Crippen molar-refractivity contribution in [1.29, 1.82) is 0 Å². The van der Waals surface area contributed by atoms with E-state index in [9.17, 15) is 9.90 Å². The maximum Gasteiger partial charge on any atom is 0.236 e. The van der Waals surface area contributed by atoms with E-state index in [2.05, 4.69) is 15.9 Å². The molecular formula is C11H20BrNO2. The van der Waals surface area contributed by atoms with E-state index < -0.39 is 5.60 Å². The number of carbonyl (C=O) groups excluding carboxylic acids is 1. The van der Waals surface area contributed by atoms with E-state index in [-0.39, 0.29) is 10.7 Å². The molecule has 3 nitrogen and oxygen atoms in total. The summed E-state index contributed by atoms with van der Waals surface area (Å²) in [5.41, 5.74) is -0.594. The monoisotopic (exact) mass is 277 g/mol. The summed E-state index contributed by atoms with van der Waals surface area (Å²) in [6, 6.07) is 0. The van der Waals surface area contributed by atoms with E-state index >= 15 is 0 Å². The first-order valence-electron chi connectivity index (χ1n) is 5.61. The SMILES string of the molecule is CCC(Br)C(=O)N1CCCC(C)(O)CC1. The normalized spacial score (nSPS) is 29.7. The highest BCUT2D eigenvalue weighted by Crippen LogP contribution is 2.22. The second-order valence-corrected chi connectivity index (χ2v) is 5.66. The molecule has 0 bridgehead atoms. The van der Waals surface area contributed by atoms with Crippen molar-refractivity contribution >= 4 is 21.8 Å². The molecular weight excluding hydrogens is 258 g/mol. The van der Waals surface area contributed by atoms with Crippen molar-refractivity contribution < 1.29 is 9.90 Å². The fourth-order valence-electron chi connectivity index (χ4n) is 1.86. The molecule has 88 valence electrons. The van der Waals surface area contributed by atoms with Crippen LogP contribution in [0, 0.1) is 0 Å². The predicted octanol–water partition coefficient (Wildman–Crippen LogP) is 1.92. The lowest BCUT2D eigenvalue weighted by atomic mass is 9.98. The summed E-state index contributed by atoms with van der Waals surface area (Å²) in [4.78, 5) is 13.7. The number of likely N-dealkylation sites (tertiary alicyclic amines) is 1. The smallest absolute Gasteiger partial charge is 0.236 e. The van der Waals surface area contributed by atoms with Crippen molar-refractivity contribution in [2.75, 3.05) is 13.1 Å². The van der Waals surface area contributed by atoms with Crippen molar-refractivity contribution in [1.82, 2.24) is 4.90 Å². The van der Waals surface area contributed by atoms with Gasteiger partial charge < -0.3 is 10.0 Å². The highest BCUT2D eigenvalue weighted by Gasteiger charge is 2.28. The van der Waals surface area contributed by atoms with E-state index in [0.29, 0.717) is 13.0 Å². The summed E-state index contributed by atoms with van der Waals surface area (Å²) in [6.07, 6.45) is 3.17. The lowest BCUT2D eigenvalue weighted by Gasteiger charge is -2.24. The Labute approximate surface area is 100.0 Å². The van der Waals surface area contributed by atoms with Crippen LogP contribution in [-0.2, 0) is 4.79 Å². The standard InChI is InChI=1S/C11H20BrNO2/c1-3-9(12)10(14)13-7-4-5-11(2,15)6-8-13/h9,15H,3-8H2,1-2H3. The molecule has 1 aliphatic heterocycles. The number of alkyl halides is 1. The molecule has 4 heteroatoms. The molecule has 0 saturated carbocycles. The first-order valence-corrected chi connectivity index (χ1v) is 6.53. The highest BCUT2D eigenvalue weighted by atomic mass is 79.9. The Hall–Kier alpha value is -0.0900. The van der Waals surface area contributed by atoms with Gasteiger partial charge in [-0.05, 0) is 32.6 Å². The van der Waals surface area contributed by atoms with Gasteiger partial charge in [-0.1, -0.05) is 22.9 Å². The molecule has 1 rings (SSSR count). The number of hydrogen-bond acceptors (Lipinski definition) is 2. The van der Waals surface area contributed by atoms with Crippen molar-refractivity contribution in [2.24, 2.45) is 0 Å². The van der Waals surface area contributed by atoms with Crippen LogP contribution in [0.2, 0.25) is 0 Å². The first-order chi connectivity index (χ1) is 6.96. The molecule has 0 aromatic carbocycles. The van der Waals surface area contributed by atoms with E-state index in [1.165, 1.54) is 0 Å². The molecule has 0 radical (unpaired) electrons. The summed E-state index contributed by atoms with van der Waals surface area (Å²) >= 11 is 3.38. The van der Waals surface area contributed by atoms with Crippen LogP contribution in [0.4, 0.5) is 0 Å². The number of nitrogens with zero attached hydrogens (tertiary/aromatic N) is 1. The third-order valence-corrected chi connectivity index (χ3v) is 4.04. The van der Waals surface area contributed by atoms with E-state index in [0.717, 1.165) is 25.8 Å². The third kappa shape index (κ3) is 3.76. The second kappa shape index (κ2) is 5.30. The Balaban J connectivity index is 2.54. The zero-order valence-corrected chi connectivity index (χ0v) is 11.1. The van der Waals surface area contributed by atoms with Crippen LogP contribution in [-0.4, -0.2) is 39.4 Å². The lowest BCUT2D eigenvalue weighted by molar-refractivity contribution is -0.130. The van der Waals surface area contributed by atoms with Crippen LogP contribution >= 0.6 is 15.9 Å². The van der Waals surface area contributed by atoms with Gasteiger partial charge in [0.15, 0.2) is 0 Å². The lowest BCUT2D eigenvalue weighted by Crippen LogP contribution is -2.38. The number of amides is 1. The molecule has 1 aliphatic rings. The molecule has 1 N–H and O–H groups in total. The van der Waals surface area contributed by atoms with Gasteiger partial charge in [-0.25, -0.2) is 0 Å². The van der Waals surface area contributed by atoms with Gasteiger partial charge in [-0.15, -0.1) is 0 Å². The fraction of sp³-hybridized carbons (Fsp3) is 0.909. The average molecular weight is 278 g/mol. The van der Waals surface area contributed by atoms with E-state index in [1.807, 2.05) is 18.7 Å². The molecule has 1 saturated heterocycles. The zero-order valence-electron chi connectivity index (χ0n) is 9.50. The topological polar surface area (TPSA) is 40.5 Å². The first kappa shape index (κ1) is 13.0. The van der Waals surface area contributed by atoms with Gasteiger partial charge >= 0.3 is 0 Å². The summed E-state index contributed by atoms with van der Waals surface area (Å²) < 4.78 is 0. The zero-order chi connectivity index (χ0) is 11.5. The van der Waals surface area contributed by atoms with Crippen LogP contribution in [0.15, 0.2) is 0 Å². The second-order valence-electron chi connectivity index (χ2n) is 4.55. The molecule has 1 heterocycles. The predicted molar refractivity (Wildman–Crippen MR) is 64.1 cm³/mol. The average Bonchev–Trinajstić information content (AvgIpc) is 2.37. The Morgan fingerprint density at radius 3 is 2.80 bits per heavy atom. The minimum atomic E-state index is -0.594. The number of carbonyl (C=O) groups is 1. The number of hydrogen-bond donors (Lipinski definition) is 1. The Kier molecular flexibility index (Phi) is 4.59. The van der Waals surface area contributed by atoms with E-state index in [1.54, 1.807) is 0 Å². The number of rotatable bonds is 2. The molecule has 0 aromatic rings. The minimum absolute atomic E-state index is 0.0689. The van der Waals surface area contributed by atoms with Gasteiger partial charge in [0, 0.05) is 13.1 Å². The van der Waals surface area contributed by atoms with Gasteiger partial charge in [0.05, 0.1) is 10.4 Å². The van der Waals surface area contributed by atoms with Crippen LogP contribution in [0.5, 0.6) is 0 Å². The van der Waals surface area contributed by atoms with Crippen LogP contribution in [0.3, 0.4) is 0 Å². The van der Waals surface area contributed by atoms with Crippen LogP contribution < -0.4 is 0 Å². The summed E-state index contributed by atoms with van der Waals surface area (Å²) in [6.45, 7) is 5.29. The largest absolute Gasteiger partial charge is 0.390 e. The minimum Gasteiger partial charge on any atom is -0.390 e. The van der Waals surface area contributed by atoms with Crippen molar-refractivity contribution in [2.45, 2.75) is 50.0 Å². The molecule has 0 aromatic heterocycles. The molecule has 15 heavy (non-hydrogen) atoms. The molecule has 0 aliphatic carbocycles. The molecule has 2 atom stereocenters. The van der Waals surface area contributed by atoms with Gasteiger partial charge in [0.1, 0.15) is 0 Å². The number of halogens is 1. The summed E-state index contributed by atoms with van der Waals surface area (Å²) in [7, 11) is 0. The quantitative estimate of drug-likeness (QED) is 0.784. The maximum absolute atomic E-state index is 11.9. The molecule has 1 amide bonds. The van der Waals surface area contributed by atoms with E-state index in [4.69, 9.17) is 0 Å². The van der Waals surface area contributed by atoms with Gasteiger partial charge in [0.25, 0.3) is 0 Å². The van der Waals surface area contributed by atoms with Gasteiger partial charge in [-0.3, -0.25) is 4.79 Å². The summed E-state index contributed by atoms with van der Waals surface area (Å²) in [5, 5.41) is 9.90. The van der Waals surface area contributed by atoms with Crippen molar-refractivity contribution in [3.05, 3.63) is 0 Å². The Morgan fingerprint density at radius 1 is 1.53 bits per heavy atom. The van der Waals surface area contributed by atoms with Crippen molar-refractivity contribution in [3.63, 3.8) is 0 Å². The van der Waals surface area contributed by atoms with Crippen molar-refractivity contribution in [3.8, 4) is 0 Å². The van der Waals surface area contributed by atoms with Gasteiger partial charge in [-0.2, -0.15) is 0 Å². The Bertz CT molecular complexity index is 231. The number of aliphatic hydroxyl groups is 1. The summed E-state index contributed by atoms with van der Waals surface area (Å²) in [5.74, 6) is 0.162. The maximum atomic E-state index is 11.9. The fourth-order valence-corrected chi connectivity index (χ4v) is 2.15. The Morgan fingerprint density at radius 2 is 2.20 bits per heavy atom. The molecule has 0 spiro atoms.